The van der Waals surface area contributed by atoms with Crippen LogP contribution in [0.2, 0.25) is 0 Å². The van der Waals surface area contributed by atoms with E-state index in [2.05, 4.69) is 25.0 Å². The molecule has 1 aliphatic rings. The van der Waals surface area contributed by atoms with Crippen LogP contribution in [0.1, 0.15) is 24.2 Å². The summed E-state index contributed by atoms with van der Waals surface area (Å²) < 4.78 is 26.9. The minimum atomic E-state index is -3.46. The Labute approximate surface area is 123 Å². The molecule has 21 heavy (non-hydrogen) atoms. The number of nitrogens with zero attached hydrogens (tertiary/aromatic N) is 1. The van der Waals surface area contributed by atoms with Crippen LogP contribution in [0.4, 0.5) is 0 Å². The largest absolute Gasteiger partial charge is 0.363 e. The molecule has 0 bridgehead atoms. The zero-order valence-corrected chi connectivity index (χ0v) is 12.4. The van der Waals surface area contributed by atoms with Crippen molar-refractivity contribution in [3.05, 3.63) is 36.2 Å². The van der Waals surface area contributed by atoms with Crippen LogP contribution in [0.25, 0.3) is 0 Å². The molecular formula is C13H19N5O2S. The van der Waals surface area contributed by atoms with Gasteiger partial charge in [0.15, 0.2) is 0 Å². The highest BCUT2D eigenvalue weighted by Gasteiger charge is 2.21. The Morgan fingerprint density at radius 3 is 2.86 bits per heavy atom. The van der Waals surface area contributed by atoms with E-state index in [4.69, 9.17) is 0 Å². The third-order valence-electron chi connectivity index (χ3n) is 3.43. The number of rotatable bonds is 8. The maximum Gasteiger partial charge on any atom is 0.242 e. The summed E-state index contributed by atoms with van der Waals surface area (Å²) in [4.78, 5) is 10.1. The number of nitrogens with one attached hydrogen (secondary N) is 4. The van der Waals surface area contributed by atoms with Gasteiger partial charge in [0.1, 0.15) is 0 Å². The van der Waals surface area contributed by atoms with Gasteiger partial charge < -0.3 is 15.3 Å². The minimum absolute atomic E-state index is 0.278. The van der Waals surface area contributed by atoms with Gasteiger partial charge in [-0.15, -0.1) is 0 Å². The molecule has 0 amide bonds. The Hall–Kier alpha value is -1.64. The van der Waals surface area contributed by atoms with Crippen LogP contribution in [0.3, 0.4) is 0 Å². The zero-order chi connectivity index (χ0) is 14.7. The third kappa shape index (κ3) is 3.93. The second-order valence-electron chi connectivity index (χ2n) is 5.24. The Kier molecular flexibility index (Phi) is 4.09. The molecule has 2 aromatic rings. The number of hydrogen-bond donors (Lipinski definition) is 4. The first-order valence-electron chi connectivity index (χ1n) is 7.01. The van der Waals surface area contributed by atoms with Crippen molar-refractivity contribution in [1.29, 1.82) is 0 Å². The lowest BCUT2D eigenvalue weighted by molar-refractivity contribution is 0.581. The maximum absolute atomic E-state index is 12.1. The van der Waals surface area contributed by atoms with Crippen LogP contribution in [0.5, 0.6) is 0 Å². The predicted molar refractivity (Wildman–Crippen MR) is 78.1 cm³/mol. The van der Waals surface area contributed by atoms with Gasteiger partial charge in [-0.05, 0) is 18.9 Å². The molecule has 114 valence electrons. The molecule has 8 heteroatoms. The molecule has 1 fully saturated rings. The van der Waals surface area contributed by atoms with Crippen molar-refractivity contribution in [2.45, 2.75) is 36.7 Å². The maximum atomic E-state index is 12.1. The molecule has 0 saturated heterocycles. The van der Waals surface area contributed by atoms with E-state index < -0.39 is 10.0 Å². The van der Waals surface area contributed by atoms with Crippen LogP contribution >= 0.6 is 0 Å². The van der Waals surface area contributed by atoms with Crippen LogP contribution in [-0.2, 0) is 23.0 Å². The molecule has 4 N–H and O–H groups in total. The van der Waals surface area contributed by atoms with E-state index in [0.717, 1.165) is 11.4 Å². The van der Waals surface area contributed by atoms with Crippen molar-refractivity contribution < 1.29 is 8.42 Å². The van der Waals surface area contributed by atoms with E-state index in [0.29, 0.717) is 25.6 Å². The second kappa shape index (κ2) is 6.00. The summed E-state index contributed by atoms with van der Waals surface area (Å²) in [7, 11) is -3.46. The van der Waals surface area contributed by atoms with Gasteiger partial charge in [0, 0.05) is 49.3 Å². The molecule has 1 saturated carbocycles. The van der Waals surface area contributed by atoms with Crippen molar-refractivity contribution in [2.24, 2.45) is 0 Å². The van der Waals surface area contributed by atoms with Gasteiger partial charge in [-0.1, -0.05) is 0 Å². The second-order valence-corrected chi connectivity index (χ2v) is 7.01. The van der Waals surface area contributed by atoms with Gasteiger partial charge in [-0.25, -0.2) is 18.1 Å². The first-order valence-corrected chi connectivity index (χ1v) is 8.49. The standard InChI is InChI=1S/C13H19N5O2S/c19-21(20,18-4-3-11-6-14-9-17-11)13-5-12(16-8-13)7-15-10-1-2-10/h5-6,8-10,15-16,18H,1-4,7H2,(H,14,17). The third-order valence-corrected chi connectivity index (χ3v) is 4.87. The number of aromatic amines is 2. The summed E-state index contributed by atoms with van der Waals surface area (Å²) >= 11 is 0. The van der Waals surface area contributed by atoms with E-state index in [1.54, 1.807) is 18.6 Å². The minimum Gasteiger partial charge on any atom is -0.363 e. The van der Waals surface area contributed by atoms with E-state index in [9.17, 15) is 8.42 Å². The van der Waals surface area contributed by atoms with Crippen LogP contribution in [0.15, 0.2) is 29.7 Å². The highest BCUT2D eigenvalue weighted by Crippen LogP contribution is 2.19. The predicted octanol–water partition coefficient (Wildman–Crippen LogP) is 0.511. The van der Waals surface area contributed by atoms with Crippen molar-refractivity contribution in [3.63, 3.8) is 0 Å². The molecule has 0 aromatic carbocycles. The SMILES string of the molecule is O=S(=O)(NCCc1cnc[nH]1)c1c[nH]c(CNC2CC2)c1. The van der Waals surface area contributed by atoms with Crippen molar-refractivity contribution >= 4 is 10.0 Å². The lowest BCUT2D eigenvalue weighted by Gasteiger charge is -2.03. The highest BCUT2D eigenvalue weighted by molar-refractivity contribution is 7.89. The number of hydrogen-bond acceptors (Lipinski definition) is 4. The van der Waals surface area contributed by atoms with Gasteiger partial charge in [-0.2, -0.15) is 0 Å². The molecule has 2 heterocycles. The Morgan fingerprint density at radius 2 is 2.14 bits per heavy atom. The summed E-state index contributed by atoms with van der Waals surface area (Å²) in [6.45, 7) is 1.01. The van der Waals surface area contributed by atoms with E-state index in [1.807, 2.05) is 0 Å². The highest BCUT2D eigenvalue weighted by atomic mass is 32.2. The van der Waals surface area contributed by atoms with Gasteiger partial charge in [0.25, 0.3) is 0 Å². The zero-order valence-electron chi connectivity index (χ0n) is 11.6. The van der Waals surface area contributed by atoms with E-state index >= 15 is 0 Å². The van der Waals surface area contributed by atoms with Crippen LogP contribution in [0, 0.1) is 0 Å². The average molecular weight is 309 g/mol. The fraction of sp³-hybridized carbons (Fsp3) is 0.462. The summed E-state index contributed by atoms with van der Waals surface area (Å²) in [6, 6.07) is 2.27. The molecule has 3 rings (SSSR count). The number of imidazole rings is 1. The first-order chi connectivity index (χ1) is 10.1. The molecule has 0 atom stereocenters. The van der Waals surface area contributed by atoms with Gasteiger partial charge >= 0.3 is 0 Å². The van der Waals surface area contributed by atoms with Gasteiger partial charge in [0.05, 0.1) is 11.2 Å². The summed E-state index contributed by atoms with van der Waals surface area (Å²) in [5.41, 5.74) is 1.79. The number of aromatic nitrogens is 3. The van der Waals surface area contributed by atoms with E-state index in [-0.39, 0.29) is 4.90 Å². The molecule has 2 aromatic heterocycles. The van der Waals surface area contributed by atoms with Gasteiger partial charge in [0.2, 0.25) is 10.0 Å². The first kappa shape index (κ1) is 14.3. The molecule has 1 aliphatic carbocycles. The van der Waals surface area contributed by atoms with Crippen LogP contribution < -0.4 is 10.0 Å². The monoisotopic (exact) mass is 309 g/mol. The Balaban J connectivity index is 1.53. The number of H-pyrrole nitrogens is 2. The summed E-state index contributed by atoms with van der Waals surface area (Å²) in [6.07, 6.45) is 7.80. The Bertz CT molecular complexity index is 673. The lowest BCUT2D eigenvalue weighted by Crippen LogP contribution is -2.25. The fourth-order valence-corrected chi connectivity index (χ4v) is 3.09. The molecule has 0 aliphatic heterocycles. The van der Waals surface area contributed by atoms with E-state index in [1.165, 1.54) is 19.0 Å². The van der Waals surface area contributed by atoms with Crippen molar-refractivity contribution in [2.75, 3.05) is 6.54 Å². The molecule has 0 spiro atoms. The average Bonchev–Trinajstić information content (AvgIpc) is 2.93. The van der Waals surface area contributed by atoms with Crippen LogP contribution in [-0.4, -0.2) is 36.0 Å². The summed E-state index contributed by atoms with van der Waals surface area (Å²) in [5, 5.41) is 3.34. The summed E-state index contributed by atoms with van der Waals surface area (Å²) in [5.74, 6) is 0. The molecular weight excluding hydrogens is 290 g/mol. The smallest absolute Gasteiger partial charge is 0.242 e. The molecule has 0 radical (unpaired) electrons. The quantitative estimate of drug-likeness (QED) is 0.570. The topological polar surface area (TPSA) is 103 Å². The van der Waals surface area contributed by atoms with Gasteiger partial charge in [-0.3, -0.25) is 0 Å². The normalized spacial score (nSPS) is 15.4. The number of sulfonamides is 1. The fourth-order valence-electron chi connectivity index (χ4n) is 2.04. The molecule has 7 nitrogen and oxygen atoms in total. The molecule has 0 unspecified atom stereocenters. The lowest BCUT2D eigenvalue weighted by atomic mass is 10.3. The van der Waals surface area contributed by atoms with Crippen molar-refractivity contribution in [3.8, 4) is 0 Å². The van der Waals surface area contributed by atoms with Crippen molar-refractivity contribution in [1.82, 2.24) is 25.0 Å². The Morgan fingerprint density at radius 1 is 1.29 bits per heavy atom.